The van der Waals surface area contributed by atoms with Crippen molar-refractivity contribution < 1.29 is 4.79 Å². The zero-order valence-electron chi connectivity index (χ0n) is 8.23. The quantitative estimate of drug-likeness (QED) is 0.659. The van der Waals surface area contributed by atoms with Gasteiger partial charge in [0.15, 0.2) is 6.29 Å². The standard InChI is InChI=1S/C10H13N3O/c1-8-11-6-9(7-14)10(12-8)13-4-2-3-5-13/h6-7H,2-5H2,1H3. The van der Waals surface area contributed by atoms with Gasteiger partial charge in [0.25, 0.3) is 0 Å². The van der Waals surface area contributed by atoms with E-state index in [0.29, 0.717) is 5.56 Å². The van der Waals surface area contributed by atoms with Crippen molar-refractivity contribution in [2.45, 2.75) is 19.8 Å². The summed E-state index contributed by atoms with van der Waals surface area (Å²) in [7, 11) is 0. The van der Waals surface area contributed by atoms with E-state index < -0.39 is 0 Å². The molecule has 0 atom stereocenters. The second kappa shape index (κ2) is 3.74. The molecule has 1 fully saturated rings. The van der Waals surface area contributed by atoms with Crippen molar-refractivity contribution in [2.24, 2.45) is 0 Å². The maximum absolute atomic E-state index is 10.8. The van der Waals surface area contributed by atoms with Crippen LogP contribution in [0.4, 0.5) is 5.82 Å². The molecule has 0 radical (unpaired) electrons. The van der Waals surface area contributed by atoms with Crippen LogP contribution in [0.3, 0.4) is 0 Å². The van der Waals surface area contributed by atoms with Crippen molar-refractivity contribution in [2.75, 3.05) is 18.0 Å². The van der Waals surface area contributed by atoms with Crippen LogP contribution in [-0.2, 0) is 0 Å². The first-order valence-corrected chi connectivity index (χ1v) is 4.85. The molecule has 0 amide bonds. The van der Waals surface area contributed by atoms with Gasteiger partial charge in [-0.1, -0.05) is 0 Å². The second-order valence-electron chi connectivity index (χ2n) is 3.51. The van der Waals surface area contributed by atoms with Gasteiger partial charge >= 0.3 is 0 Å². The minimum Gasteiger partial charge on any atom is -0.356 e. The average molecular weight is 191 g/mol. The lowest BCUT2D eigenvalue weighted by atomic mass is 10.3. The molecular weight excluding hydrogens is 178 g/mol. The maximum atomic E-state index is 10.8. The molecule has 0 aromatic carbocycles. The highest BCUT2D eigenvalue weighted by atomic mass is 16.1. The molecule has 74 valence electrons. The second-order valence-corrected chi connectivity index (χ2v) is 3.51. The molecule has 0 N–H and O–H groups in total. The van der Waals surface area contributed by atoms with E-state index in [1.54, 1.807) is 6.20 Å². The van der Waals surface area contributed by atoms with Crippen molar-refractivity contribution in [1.29, 1.82) is 0 Å². The Bertz CT molecular complexity index is 345. The number of aromatic nitrogens is 2. The highest BCUT2D eigenvalue weighted by Crippen LogP contribution is 2.20. The predicted molar refractivity (Wildman–Crippen MR) is 53.6 cm³/mol. The maximum Gasteiger partial charge on any atom is 0.155 e. The average Bonchev–Trinajstić information content (AvgIpc) is 2.70. The number of hydrogen-bond donors (Lipinski definition) is 0. The Morgan fingerprint density at radius 1 is 1.43 bits per heavy atom. The van der Waals surface area contributed by atoms with Crippen LogP contribution in [0, 0.1) is 6.92 Å². The molecule has 2 rings (SSSR count). The molecule has 1 aliphatic heterocycles. The summed E-state index contributed by atoms with van der Waals surface area (Å²) in [6, 6.07) is 0. The van der Waals surface area contributed by atoms with Crippen LogP contribution in [0.2, 0.25) is 0 Å². The van der Waals surface area contributed by atoms with Crippen molar-refractivity contribution in [1.82, 2.24) is 9.97 Å². The minimum atomic E-state index is 0.595. The lowest BCUT2D eigenvalue weighted by Gasteiger charge is -2.17. The zero-order valence-corrected chi connectivity index (χ0v) is 8.23. The van der Waals surface area contributed by atoms with Gasteiger partial charge in [-0.3, -0.25) is 4.79 Å². The summed E-state index contributed by atoms with van der Waals surface area (Å²) < 4.78 is 0. The third-order valence-electron chi connectivity index (χ3n) is 2.45. The zero-order chi connectivity index (χ0) is 9.97. The van der Waals surface area contributed by atoms with E-state index in [0.717, 1.165) is 31.0 Å². The van der Waals surface area contributed by atoms with Crippen molar-refractivity contribution >= 4 is 12.1 Å². The van der Waals surface area contributed by atoms with Crippen LogP contribution < -0.4 is 4.90 Å². The largest absolute Gasteiger partial charge is 0.356 e. The van der Waals surface area contributed by atoms with Gasteiger partial charge in [0.1, 0.15) is 11.6 Å². The van der Waals surface area contributed by atoms with Crippen LogP contribution >= 0.6 is 0 Å². The molecule has 0 unspecified atom stereocenters. The molecule has 1 aromatic heterocycles. The van der Waals surface area contributed by atoms with E-state index >= 15 is 0 Å². The molecule has 0 bridgehead atoms. The van der Waals surface area contributed by atoms with Gasteiger partial charge in [-0.15, -0.1) is 0 Å². The lowest BCUT2D eigenvalue weighted by Crippen LogP contribution is -2.21. The van der Waals surface area contributed by atoms with Gasteiger partial charge < -0.3 is 4.90 Å². The summed E-state index contributed by atoms with van der Waals surface area (Å²) in [6.07, 6.45) is 4.79. The normalized spacial score (nSPS) is 15.9. The summed E-state index contributed by atoms with van der Waals surface area (Å²) in [4.78, 5) is 21.3. The number of rotatable bonds is 2. The molecular formula is C10H13N3O. The van der Waals surface area contributed by atoms with E-state index in [1.165, 1.54) is 12.8 Å². The Labute approximate surface area is 83.0 Å². The van der Waals surface area contributed by atoms with E-state index in [-0.39, 0.29) is 0 Å². The molecule has 0 aliphatic carbocycles. The van der Waals surface area contributed by atoms with Gasteiger partial charge in [-0.05, 0) is 19.8 Å². The smallest absolute Gasteiger partial charge is 0.155 e. The molecule has 14 heavy (non-hydrogen) atoms. The summed E-state index contributed by atoms with van der Waals surface area (Å²) in [5.41, 5.74) is 0.595. The molecule has 1 aliphatic rings. The Hall–Kier alpha value is -1.45. The highest BCUT2D eigenvalue weighted by molar-refractivity contribution is 5.82. The topological polar surface area (TPSA) is 46.1 Å². The Kier molecular flexibility index (Phi) is 2.43. The monoisotopic (exact) mass is 191 g/mol. The minimum absolute atomic E-state index is 0.595. The van der Waals surface area contributed by atoms with Crippen LogP contribution in [-0.4, -0.2) is 29.3 Å². The summed E-state index contributed by atoms with van der Waals surface area (Å²) in [5, 5.41) is 0. The fourth-order valence-corrected chi connectivity index (χ4v) is 1.73. The van der Waals surface area contributed by atoms with E-state index in [1.807, 2.05) is 6.92 Å². The third kappa shape index (κ3) is 1.60. The first-order chi connectivity index (χ1) is 6.81. The number of aryl methyl sites for hydroxylation is 1. The van der Waals surface area contributed by atoms with Gasteiger partial charge in [0, 0.05) is 19.3 Å². The fraction of sp³-hybridized carbons (Fsp3) is 0.500. The first kappa shape index (κ1) is 9.12. The van der Waals surface area contributed by atoms with Crippen LogP contribution in [0.25, 0.3) is 0 Å². The van der Waals surface area contributed by atoms with Gasteiger partial charge in [0.05, 0.1) is 5.56 Å². The molecule has 1 saturated heterocycles. The molecule has 4 nitrogen and oxygen atoms in total. The highest BCUT2D eigenvalue weighted by Gasteiger charge is 2.17. The number of hydrogen-bond acceptors (Lipinski definition) is 4. The Morgan fingerprint density at radius 2 is 2.14 bits per heavy atom. The lowest BCUT2D eigenvalue weighted by molar-refractivity contribution is 0.112. The first-order valence-electron chi connectivity index (χ1n) is 4.85. The van der Waals surface area contributed by atoms with Crippen LogP contribution in [0.1, 0.15) is 29.0 Å². The summed E-state index contributed by atoms with van der Waals surface area (Å²) in [6.45, 7) is 3.84. The molecule has 1 aromatic rings. The van der Waals surface area contributed by atoms with E-state index in [9.17, 15) is 4.79 Å². The van der Waals surface area contributed by atoms with Crippen LogP contribution in [0.5, 0.6) is 0 Å². The molecule has 4 heteroatoms. The van der Waals surface area contributed by atoms with E-state index in [4.69, 9.17) is 0 Å². The number of carbonyl (C=O) groups is 1. The molecule has 0 spiro atoms. The number of nitrogens with zero attached hydrogens (tertiary/aromatic N) is 3. The van der Waals surface area contributed by atoms with Crippen molar-refractivity contribution in [3.8, 4) is 0 Å². The van der Waals surface area contributed by atoms with Crippen molar-refractivity contribution in [3.05, 3.63) is 17.6 Å². The number of aldehydes is 1. The van der Waals surface area contributed by atoms with Crippen LogP contribution in [0.15, 0.2) is 6.20 Å². The number of anilines is 1. The van der Waals surface area contributed by atoms with Crippen molar-refractivity contribution in [3.63, 3.8) is 0 Å². The van der Waals surface area contributed by atoms with Gasteiger partial charge in [-0.25, -0.2) is 9.97 Å². The van der Waals surface area contributed by atoms with Gasteiger partial charge in [0.2, 0.25) is 0 Å². The molecule has 0 saturated carbocycles. The Morgan fingerprint density at radius 3 is 2.79 bits per heavy atom. The number of carbonyl (C=O) groups excluding carboxylic acids is 1. The Balaban J connectivity index is 2.37. The molecule has 2 heterocycles. The van der Waals surface area contributed by atoms with E-state index in [2.05, 4.69) is 14.9 Å². The summed E-state index contributed by atoms with van der Waals surface area (Å²) >= 11 is 0. The SMILES string of the molecule is Cc1ncc(C=O)c(N2CCCC2)n1. The predicted octanol–water partition coefficient (Wildman–Crippen LogP) is 1.20. The fourth-order valence-electron chi connectivity index (χ4n) is 1.73. The third-order valence-corrected chi connectivity index (χ3v) is 2.45. The van der Waals surface area contributed by atoms with Gasteiger partial charge in [-0.2, -0.15) is 0 Å². The summed E-state index contributed by atoms with van der Waals surface area (Å²) in [5.74, 6) is 1.52.